The zero-order chi connectivity index (χ0) is 17.1. The number of rotatable bonds is 4. The molecule has 2 aromatic rings. The molecule has 1 aromatic heterocycles. The lowest BCUT2D eigenvalue weighted by molar-refractivity contribution is -0.130. The van der Waals surface area contributed by atoms with Crippen molar-refractivity contribution in [1.82, 2.24) is 9.80 Å². The van der Waals surface area contributed by atoms with E-state index in [1.165, 1.54) is 24.8 Å². The maximum Gasteiger partial charge on any atom is 0.227 e. The highest BCUT2D eigenvalue weighted by Crippen LogP contribution is 2.40. The van der Waals surface area contributed by atoms with E-state index in [0.717, 1.165) is 38.3 Å². The molecule has 0 unspecified atom stereocenters. The lowest BCUT2D eigenvalue weighted by Crippen LogP contribution is -2.42. The molecule has 2 aliphatic rings. The molecule has 3 heterocycles. The van der Waals surface area contributed by atoms with Gasteiger partial charge in [-0.3, -0.25) is 9.69 Å². The van der Waals surface area contributed by atoms with E-state index < -0.39 is 0 Å². The molecule has 0 bridgehead atoms. The van der Waals surface area contributed by atoms with Crippen molar-refractivity contribution in [1.29, 1.82) is 0 Å². The van der Waals surface area contributed by atoms with Crippen LogP contribution in [-0.2, 0) is 17.8 Å². The van der Waals surface area contributed by atoms with E-state index in [2.05, 4.69) is 57.0 Å². The smallest absolute Gasteiger partial charge is 0.227 e. The van der Waals surface area contributed by atoms with Crippen LogP contribution in [0.25, 0.3) is 0 Å². The first-order chi connectivity index (χ1) is 12.2. The number of piperidine rings is 1. The van der Waals surface area contributed by atoms with Gasteiger partial charge in [-0.05, 0) is 65.7 Å². The van der Waals surface area contributed by atoms with Crippen molar-refractivity contribution >= 4 is 17.2 Å². The highest BCUT2D eigenvalue weighted by Gasteiger charge is 2.41. The van der Waals surface area contributed by atoms with Crippen molar-refractivity contribution < 1.29 is 4.79 Å². The number of likely N-dealkylation sites (tertiary alicyclic amines) is 2. The molecule has 132 valence electrons. The number of nitrogens with zero attached hydrogens (tertiary/aromatic N) is 2. The maximum atomic E-state index is 12.6. The first kappa shape index (κ1) is 16.8. The third kappa shape index (κ3) is 3.96. The Kier molecular flexibility index (Phi) is 4.91. The third-order valence-electron chi connectivity index (χ3n) is 5.89. The quantitative estimate of drug-likeness (QED) is 0.834. The molecule has 1 spiro atoms. The highest BCUT2D eigenvalue weighted by molar-refractivity contribution is 7.08. The molecule has 0 radical (unpaired) electrons. The summed E-state index contributed by atoms with van der Waals surface area (Å²) in [6, 6.07) is 12.8. The number of thiophene rings is 1. The van der Waals surface area contributed by atoms with Crippen molar-refractivity contribution in [3.8, 4) is 0 Å². The molecule has 0 saturated carbocycles. The molecule has 4 heteroatoms. The van der Waals surface area contributed by atoms with Crippen molar-refractivity contribution in [2.75, 3.05) is 26.2 Å². The van der Waals surface area contributed by atoms with Gasteiger partial charge in [0.25, 0.3) is 0 Å². The minimum absolute atomic E-state index is 0.307. The fourth-order valence-corrected chi connectivity index (χ4v) is 4.93. The first-order valence-electron chi connectivity index (χ1n) is 9.28. The lowest BCUT2D eigenvalue weighted by Gasteiger charge is -2.39. The van der Waals surface area contributed by atoms with Crippen LogP contribution in [0.15, 0.2) is 47.2 Å². The minimum atomic E-state index is 0.307. The average Bonchev–Trinajstić information content (AvgIpc) is 3.29. The Balaban J connectivity index is 1.29. The summed E-state index contributed by atoms with van der Waals surface area (Å²) in [7, 11) is 0. The van der Waals surface area contributed by atoms with Gasteiger partial charge in [0.2, 0.25) is 5.91 Å². The van der Waals surface area contributed by atoms with Gasteiger partial charge >= 0.3 is 0 Å². The Bertz CT molecular complexity index is 690. The minimum Gasteiger partial charge on any atom is -0.342 e. The van der Waals surface area contributed by atoms with Crippen molar-refractivity contribution in [3.05, 3.63) is 58.3 Å². The monoisotopic (exact) mass is 354 g/mol. The van der Waals surface area contributed by atoms with Gasteiger partial charge in [-0.25, -0.2) is 0 Å². The fourth-order valence-electron chi connectivity index (χ4n) is 4.26. The maximum absolute atomic E-state index is 12.6. The van der Waals surface area contributed by atoms with Crippen LogP contribution in [0.4, 0.5) is 0 Å². The number of carbonyl (C=O) groups is 1. The molecule has 25 heavy (non-hydrogen) atoms. The summed E-state index contributed by atoms with van der Waals surface area (Å²) in [5.41, 5.74) is 2.93. The van der Waals surface area contributed by atoms with Gasteiger partial charge in [0.15, 0.2) is 0 Å². The van der Waals surface area contributed by atoms with Crippen LogP contribution >= 0.6 is 11.3 Å². The Morgan fingerprint density at radius 1 is 1.00 bits per heavy atom. The lowest BCUT2D eigenvalue weighted by atomic mass is 9.77. The van der Waals surface area contributed by atoms with E-state index in [1.54, 1.807) is 11.3 Å². The van der Waals surface area contributed by atoms with Crippen molar-refractivity contribution in [3.63, 3.8) is 0 Å². The summed E-state index contributed by atoms with van der Waals surface area (Å²) in [6.07, 6.45) is 4.20. The largest absolute Gasteiger partial charge is 0.342 e. The van der Waals surface area contributed by atoms with Crippen LogP contribution in [0.5, 0.6) is 0 Å². The molecule has 4 rings (SSSR count). The topological polar surface area (TPSA) is 23.6 Å². The molecular formula is C21H26N2OS. The third-order valence-corrected chi connectivity index (χ3v) is 6.62. The second-order valence-corrected chi connectivity index (χ2v) is 8.42. The Hall–Kier alpha value is -1.65. The molecular weight excluding hydrogens is 328 g/mol. The highest BCUT2D eigenvalue weighted by atomic mass is 32.1. The van der Waals surface area contributed by atoms with Crippen LogP contribution < -0.4 is 0 Å². The molecule has 0 aliphatic carbocycles. The Morgan fingerprint density at radius 2 is 1.76 bits per heavy atom. The number of carbonyl (C=O) groups excluding carboxylic acids is 1. The zero-order valence-corrected chi connectivity index (χ0v) is 15.5. The van der Waals surface area contributed by atoms with Gasteiger partial charge in [-0.1, -0.05) is 30.3 Å². The van der Waals surface area contributed by atoms with Crippen LogP contribution in [0.3, 0.4) is 0 Å². The molecule has 2 aliphatic heterocycles. The average molecular weight is 355 g/mol. The molecule has 1 aromatic carbocycles. The number of amides is 1. The van der Waals surface area contributed by atoms with Crippen LogP contribution in [-0.4, -0.2) is 41.9 Å². The molecule has 0 atom stereocenters. The summed E-state index contributed by atoms with van der Waals surface area (Å²) in [4.78, 5) is 17.2. The summed E-state index contributed by atoms with van der Waals surface area (Å²) in [6.45, 7) is 5.28. The van der Waals surface area contributed by atoms with Crippen LogP contribution in [0.1, 0.15) is 30.4 Å². The zero-order valence-electron chi connectivity index (χ0n) is 14.7. The van der Waals surface area contributed by atoms with E-state index in [1.807, 2.05) is 0 Å². The van der Waals surface area contributed by atoms with Crippen molar-refractivity contribution in [2.45, 2.75) is 32.2 Å². The second kappa shape index (κ2) is 7.30. The summed E-state index contributed by atoms with van der Waals surface area (Å²) in [5.74, 6) is 0.307. The SMILES string of the molecule is O=C(Cc1ccsc1)N1CCC2(CCN(Cc3ccccc3)CC2)C1. The van der Waals surface area contributed by atoms with E-state index in [-0.39, 0.29) is 0 Å². The molecule has 2 saturated heterocycles. The van der Waals surface area contributed by atoms with Gasteiger partial charge < -0.3 is 4.90 Å². The predicted octanol–water partition coefficient (Wildman–Crippen LogP) is 3.81. The van der Waals surface area contributed by atoms with Gasteiger partial charge in [-0.2, -0.15) is 11.3 Å². The fraction of sp³-hybridized carbons (Fsp3) is 0.476. The Morgan fingerprint density at radius 3 is 2.48 bits per heavy atom. The summed E-state index contributed by atoms with van der Waals surface area (Å²) < 4.78 is 0. The standard InChI is InChI=1S/C21H26N2OS/c24-20(14-19-6-13-25-16-19)23-12-9-21(17-23)7-10-22(11-8-21)15-18-4-2-1-3-5-18/h1-6,13,16H,7-12,14-15,17H2. The van der Waals surface area contributed by atoms with E-state index in [4.69, 9.17) is 0 Å². The molecule has 3 nitrogen and oxygen atoms in total. The van der Waals surface area contributed by atoms with Gasteiger partial charge in [0, 0.05) is 19.6 Å². The number of hydrogen-bond acceptors (Lipinski definition) is 3. The second-order valence-electron chi connectivity index (χ2n) is 7.64. The summed E-state index contributed by atoms with van der Waals surface area (Å²) >= 11 is 1.67. The molecule has 1 amide bonds. The normalized spacial score (nSPS) is 20.2. The van der Waals surface area contributed by atoms with E-state index in [0.29, 0.717) is 17.7 Å². The van der Waals surface area contributed by atoms with E-state index in [9.17, 15) is 4.79 Å². The summed E-state index contributed by atoms with van der Waals surface area (Å²) in [5, 5.41) is 4.14. The predicted molar refractivity (Wildman–Crippen MR) is 103 cm³/mol. The molecule has 2 fully saturated rings. The number of benzene rings is 1. The number of hydrogen-bond donors (Lipinski definition) is 0. The first-order valence-corrected chi connectivity index (χ1v) is 10.2. The van der Waals surface area contributed by atoms with E-state index >= 15 is 0 Å². The molecule has 0 N–H and O–H groups in total. The van der Waals surface area contributed by atoms with Crippen molar-refractivity contribution in [2.24, 2.45) is 5.41 Å². The van der Waals surface area contributed by atoms with Gasteiger partial charge in [0.1, 0.15) is 0 Å². The Labute approximate surface area is 154 Å². The van der Waals surface area contributed by atoms with Gasteiger partial charge in [-0.15, -0.1) is 0 Å². The van der Waals surface area contributed by atoms with Gasteiger partial charge in [0.05, 0.1) is 6.42 Å². The van der Waals surface area contributed by atoms with Crippen LogP contribution in [0.2, 0.25) is 0 Å². The van der Waals surface area contributed by atoms with Crippen LogP contribution in [0, 0.1) is 5.41 Å².